The third kappa shape index (κ3) is 28.1. The Labute approximate surface area is 625 Å². The van der Waals surface area contributed by atoms with Gasteiger partial charge in [-0.3, -0.25) is 57.7 Å². The summed E-state index contributed by atoms with van der Waals surface area (Å²) in [5, 5.41) is 22.9. The normalized spacial score (nSPS) is 21.0. The third-order valence-corrected chi connectivity index (χ3v) is 21.3. The van der Waals surface area contributed by atoms with Crippen LogP contribution in [0, 0.1) is 40.4 Å². The van der Waals surface area contributed by atoms with Crippen LogP contribution in [0.1, 0.15) is 210 Å². The van der Waals surface area contributed by atoms with Crippen LogP contribution in [-0.4, -0.2) is 232 Å². The van der Waals surface area contributed by atoms with Gasteiger partial charge in [-0.1, -0.05) is 119 Å². The number of amides is 9. The van der Waals surface area contributed by atoms with E-state index >= 15 is 0 Å². The summed E-state index contributed by atoms with van der Waals surface area (Å²) in [4.78, 5) is 156. The van der Waals surface area contributed by atoms with E-state index in [1.807, 2.05) is 79.7 Å². The van der Waals surface area contributed by atoms with Crippen molar-refractivity contribution in [3.05, 3.63) is 48.0 Å². The number of likely N-dealkylation sites (N-methyl/N-ethyl adjacent to an activating group) is 2. The Kier molecular flexibility index (Phi) is 39.0. The van der Waals surface area contributed by atoms with Crippen LogP contribution in [0.15, 0.2) is 42.5 Å². The lowest BCUT2D eigenvalue weighted by Gasteiger charge is -2.41. The molecule has 2 unspecified atom stereocenters. The van der Waals surface area contributed by atoms with Gasteiger partial charge in [0.1, 0.15) is 24.0 Å². The van der Waals surface area contributed by atoms with E-state index in [0.717, 1.165) is 0 Å². The van der Waals surface area contributed by atoms with E-state index in [1.54, 1.807) is 69.9 Å². The Balaban J connectivity index is 1.30. The molecule has 0 saturated carbocycles. The number of rotatable bonds is 46. The van der Waals surface area contributed by atoms with Gasteiger partial charge in [0.25, 0.3) is 0 Å². The highest BCUT2D eigenvalue weighted by Crippen LogP contribution is 2.37. The molecule has 0 aromatic heterocycles. The minimum absolute atomic E-state index is 0.0100. The zero-order valence-electron chi connectivity index (χ0n) is 66.3. The number of aliphatic hydroxyl groups excluding tert-OH is 1. The SMILES string of the molecule is CC[C@H](C)[C@@H]([C@@H](CC(=O)N1CCC[C@H]1[C@H](OC)[C@@H](C)C(=O)N[C@H](C)[C@@H](O)c1ccccc1)OC)N(C)C(=O)[C@@H](NC(=O)[C@H](C(C)C)N(C)C(=O)O[C@H]1/C=C/CC[C@@](C)(C(=O)NCCCCC(NC(=O)CCOCCCC(=O)CCN2C(=O)CC(C(C)(C)C)C2=O)C(=O)CCCOCCOC)CC1)C(C)C. The van der Waals surface area contributed by atoms with E-state index in [9.17, 15) is 57.8 Å². The van der Waals surface area contributed by atoms with Crippen molar-refractivity contribution in [2.45, 2.75) is 259 Å². The first-order valence-corrected chi connectivity index (χ1v) is 38.3. The van der Waals surface area contributed by atoms with Crippen molar-refractivity contribution >= 4 is 64.9 Å². The van der Waals surface area contributed by atoms with Crippen molar-refractivity contribution in [2.24, 2.45) is 40.4 Å². The molecular formula is C79H130N8O18. The molecular weight excluding hydrogens is 1350 g/mol. The van der Waals surface area contributed by atoms with Gasteiger partial charge in [-0.25, -0.2) is 4.79 Å². The molecule has 105 heavy (non-hydrogen) atoms. The Hall–Kier alpha value is -6.71. The lowest BCUT2D eigenvalue weighted by molar-refractivity contribution is -0.148. The van der Waals surface area contributed by atoms with Gasteiger partial charge in [0.15, 0.2) is 5.78 Å². The molecule has 5 N–H and O–H groups in total. The number of hydrogen-bond donors (Lipinski definition) is 5. The molecule has 3 aliphatic rings. The molecule has 2 heterocycles. The second-order valence-corrected chi connectivity index (χ2v) is 31.1. The number of Topliss-reactive ketones (excluding diaryl/α,β-unsaturated/α-hetero) is 2. The summed E-state index contributed by atoms with van der Waals surface area (Å²) in [6.45, 7) is 24.6. The predicted molar refractivity (Wildman–Crippen MR) is 399 cm³/mol. The van der Waals surface area contributed by atoms with E-state index in [0.29, 0.717) is 116 Å². The van der Waals surface area contributed by atoms with Crippen molar-refractivity contribution in [1.82, 2.24) is 40.9 Å². The molecule has 2 aliphatic heterocycles. The van der Waals surface area contributed by atoms with Gasteiger partial charge in [0, 0.05) is 106 Å². The minimum atomic E-state index is -1.07. The smallest absolute Gasteiger partial charge is 0.410 e. The van der Waals surface area contributed by atoms with E-state index in [2.05, 4.69) is 21.3 Å². The molecule has 26 heteroatoms. The summed E-state index contributed by atoms with van der Waals surface area (Å²) in [5.41, 5.74) is -0.512. The number of hydrogen-bond acceptors (Lipinski definition) is 18. The summed E-state index contributed by atoms with van der Waals surface area (Å²) in [6.07, 6.45) is 6.21. The number of imide groups is 1. The number of methoxy groups -OCH3 is 3. The largest absolute Gasteiger partial charge is 0.442 e. The highest BCUT2D eigenvalue weighted by molar-refractivity contribution is 6.04. The number of ketones is 2. The standard InChI is InChI=1S/C79H130N8O18/c1-18-53(6)69(63(101-16)50-66(92)86-42-26-34-61(86)71(102-17)54(7)72(94)81-55(8)70(93)56-29-20-19-21-30-56)84(13)75(97)67(51(2)3)83-73(95)68(52(4)5)85(14)77(99)105-58-32-22-24-39-79(12,40-36-58)76(98)80-41-25-23-33-60(62(89)35-28-45-104-48-47-100-15)82-64(90)38-46-103-44-27-31-57(88)37-43-87-65(91)49-59(74(87)96)78(9,10)11/h19-22,29-30,32,51-55,58-61,63,67-71,93H,18,23-28,31,33-50H2,1-17H3,(H,80,98)(H,81,94)(H,82,90)(H,83,95)/b32-22+/t53-,54+,55+,58-,59?,60?,61-,63+,67-,68-,69-,70+,71+,79+/m0/s1. The van der Waals surface area contributed by atoms with Gasteiger partial charge in [0.2, 0.25) is 47.3 Å². The summed E-state index contributed by atoms with van der Waals surface area (Å²) in [7, 11) is 7.75. The molecule has 0 spiro atoms. The molecule has 4 rings (SSSR count). The molecule has 1 aromatic carbocycles. The maximum atomic E-state index is 14.9. The minimum Gasteiger partial charge on any atom is -0.442 e. The van der Waals surface area contributed by atoms with E-state index in [1.165, 1.54) is 31.1 Å². The van der Waals surface area contributed by atoms with Crippen LogP contribution < -0.4 is 21.3 Å². The number of benzene rings is 1. The first-order chi connectivity index (χ1) is 49.7. The zero-order chi connectivity index (χ0) is 78.3. The number of nitrogens with one attached hydrogen (secondary N) is 4. The number of unbranched alkanes of at least 4 members (excludes halogenated alkanes) is 1. The van der Waals surface area contributed by atoms with Crippen LogP contribution in [-0.2, 0) is 76.4 Å². The number of ether oxygens (including phenoxy) is 6. The molecule has 26 nitrogen and oxygen atoms in total. The fourth-order valence-corrected chi connectivity index (χ4v) is 14.4. The number of nitrogens with zero attached hydrogens (tertiary/aromatic N) is 4. The van der Waals surface area contributed by atoms with Crippen LogP contribution in [0.4, 0.5) is 4.79 Å². The van der Waals surface area contributed by atoms with Crippen LogP contribution in [0.3, 0.4) is 0 Å². The maximum absolute atomic E-state index is 14.9. The van der Waals surface area contributed by atoms with E-state index in [4.69, 9.17) is 28.4 Å². The highest BCUT2D eigenvalue weighted by atomic mass is 16.6. The molecule has 594 valence electrons. The number of carbonyl (C=O) groups is 11. The first kappa shape index (κ1) is 90.7. The van der Waals surface area contributed by atoms with E-state index < -0.39 is 108 Å². The highest BCUT2D eigenvalue weighted by Gasteiger charge is 2.46. The van der Waals surface area contributed by atoms with Crippen molar-refractivity contribution in [1.29, 1.82) is 0 Å². The average molecular weight is 1480 g/mol. The Morgan fingerprint density at radius 1 is 0.752 bits per heavy atom. The summed E-state index contributed by atoms with van der Waals surface area (Å²) >= 11 is 0. The second-order valence-electron chi connectivity index (χ2n) is 31.1. The molecule has 0 radical (unpaired) electrons. The lowest BCUT2D eigenvalue weighted by Crippen LogP contribution is -2.60. The zero-order valence-corrected chi connectivity index (χ0v) is 66.3. The predicted octanol–water partition coefficient (Wildman–Crippen LogP) is 8.23. The van der Waals surface area contributed by atoms with Crippen LogP contribution >= 0.6 is 0 Å². The summed E-state index contributed by atoms with van der Waals surface area (Å²) in [5.74, 6) is -4.86. The quantitative estimate of drug-likeness (QED) is 0.0233. The number of carbonyl (C=O) groups excluding carboxylic acids is 11. The molecule has 9 amide bonds. The van der Waals surface area contributed by atoms with E-state index in [-0.39, 0.29) is 117 Å². The van der Waals surface area contributed by atoms with Crippen LogP contribution in [0.25, 0.3) is 0 Å². The number of likely N-dealkylation sites (tertiary alicyclic amines) is 2. The van der Waals surface area contributed by atoms with Crippen molar-refractivity contribution in [3.8, 4) is 0 Å². The second kappa shape index (κ2) is 45.2. The maximum Gasteiger partial charge on any atom is 0.410 e. The Morgan fingerprint density at radius 2 is 1.43 bits per heavy atom. The van der Waals surface area contributed by atoms with Gasteiger partial charge in [-0.15, -0.1) is 0 Å². The first-order valence-electron chi connectivity index (χ1n) is 38.3. The van der Waals surface area contributed by atoms with Crippen molar-refractivity contribution in [2.75, 3.05) is 88.1 Å². The molecule has 1 aromatic rings. The Bertz CT molecular complexity index is 2980. The topological polar surface area (TPSA) is 324 Å². The number of aliphatic hydroxyl groups is 1. The van der Waals surface area contributed by atoms with Crippen LogP contribution in [0.5, 0.6) is 0 Å². The Morgan fingerprint density at radius 3 is 2.05 bits per heavy atom. The molecule has 2 fully saturated rings. The third-order valence-electron chi connectivity index (χ3n) is 21.3. The van der Waals surface area contributed by atoms with Gasteiger partial charge in [0.05, 0.1) is 80.6 Å². The molecule has 1 aliphatic carbocycles. The van der Waals surface area contributed by atoms with Gasteiger partial charge >= 0.3 is 6.09 Å². The molecule has 14 atom stereocenters. The summed E-state index contributed by atoms with van der Waals surface area (Å²) < 4.78 is 34.5. The van der Waals surface area contributed by atoms with Crippen molar-refractivity contribution in [3.63, 3.8) is 0 Å². The fourth-order valence-electron chi connectivity index (χ4n) is 14.4. The summed E-state index contributed by atoms with van der Waals surface area (Å²) in [6, 6.07) is 4.55. The average Bonchev–Trinajstić information content (AvgIpc) is 1.75. The molecule has 0 bridgehead atoms. The fraction of sp³-hybridized carbons (Fsp3) is 0.759. The van der Waals surface area contributed by atoms with Gasteiger partial charge < -0.3 is 64.6 Å². The number of allylic oxidation sites excluding steroid dienone is 1. The van der Waals surface area contributed by atoms with Crippen LogP contribution in [0.2, 0.25) is 0 Å². The lowest BCUT2D eigenvalue weighted by atomic mass is 9.78. The van der Waals surface area contributed by atoms with Gasteiger partial charge in [-0.05, 0) is 112 Å². The molecule has 2 saturated heterocycles. The van der Waals surface area contributed by atoms with Gasteiger partial charge in [-0.2, -0.15) is 0 Å². The van der Waals surface area contributed by atoms with Crippen molar-refractivity contribution < 1.29 is 86.3 Å². The monoisotopic (exact) mass is 1480 g/mol.